The number of unbranched alkanes of at least 4 members (excludes halogenated alkanes) is 3. The molecule has 7 nitrogen and oxygen atoms in total. The quantitative estimate of drug-likeness (QED) is 0.476. The van der Waals surface area contributed by atoms with Crippen LogP contribution in [0.15, 0.2) is 4.99 Å². The Morgan fingerprint density at radius 3 is 2.30 bits per heavy atom. The minimum Gasteiger partial charge on any atom is -0.452 e. The first-order valence-electron chi connectivity index (χ1n) is 6.79. The van der Waals surface area contributed by atoms with Crippen molar-refractivity contribution in [3.63, 3.8) is 0 Å². The normalized spacial score (nSPS) is 10.9. The standard InChI is InChI=1S/C13H26N4O3/c1-6-7-8-9-10-14-11(18)15-12(16(2)3)17(4)13(19)20-5/h6-10H2,1-5H3,(H,14,18)/b15-12+. The second-order valence-corrected chi connectivity index (χ2v) is 4.63. The Bertz CT molecular complexity index is 343. The first-order valence-corrected chi connectivity index (χ1v) is 6.79. The van der Waals surface area contributed by atoms with Gasteiger partial charge in [-0.05, 0) is 6.42 Å². The van der Waals surface area contributed by atoms with Crippen LogP contribution in [0, 0.1) is 0 Å². The second kappa shape index (κ2) is 10.1. The van der Waals surface area contributed by atoms with Crippen LogP contribution in [0.1, 0.15) is 32.6 Å². The van der Waals surface area contributed by atoms with Gasteiger partial charge in [-0.3, -0.25) is 4.90 Å². The number of carbonyl (C=O) groups is 2. The molecule has 20 heavy (non-hydrogen) atoms. The lowest BCUT2D eigenvalue weighted by atomic mass is 10.2. The highest BCUT2D eigenvalue weighted by molar-refractivity contribution is 5.99. The van der Waals surface area contributed by atoms with E-state index in [1.165, 1.54) is 19.1 Å². The summed E-state index contributed by atoms with van der Waals surface area (Å²) in [6.07, 6.45) is 3.75. The van der Waals surface area contributed by atoms with Crippen LogP contribution in [-0.4, -0.2) is 62.7 Å². The summed E-state index contributed by atoms with van der Waals surface area (Å²) >= 11 is 0. The van der Waals surface area contributed by atoms with E-state index in [0.29, 0.717) is 6.54 Å². The summed E-state index contributed by atoms with van der Waals surface area (Å²) in [5.74, 6) is 0.225. The molecule has 0 aliphatic heterocycles. The van der Waals surface area contributed by atoms with E-state index in [0.717, 1.165) is 25.7 Å². The van der Waals surface area contributed by atoms with Gasteiger partial charge in [0, 0.05) is 27.7 Å². The maximum atomic E-state index is 11.7. The molecule has 1 N–H and O–H groups in total. The van der Waals surface area contributed by atoms with Crippen molar-refractivity contribution in [3.05, 3.63) is 0 Å². The molecule has 0 saturated carbocycles. The largest absolute Gasteiger partial charge is 0.452 e. The number of urea groups is 1. The number of amides is 3. The van der Waals surface area contributed by atoms with Crippen molar-refractivity contribution in [1.82, 2.24) is 15.1 Å². The Morgan fingerprint density at radius 2 is 1.80 bits per heavy atom. The molecule has 7 heteroatoms. The van der Waals surface area contributed by atoms with Gasteiger partial charge in [-0.2, -0.15) is 4.99 Å². The number of guanidine groups is 1. The molecule has 0 spiro atoms. The summed E-state index contributed by atoms with van der Waals surface area (Å²) in [6.45, 7) is 2.72. The van der Waals surface area contributed by atoms with E-state index in [1.54, 1.807) is 19.0 Å². The highest BCUT2D eigenvalue weighted by atomic mass is 16.5. The summed E-state index contributed by atoms with van der Waals surface area (Å²) in [6, 6.07) is -0.457. The maximum Gasteiger partial charge on any atom is 0.416 e. The maximum absolute atomic E-state index is 11.7. The van der Waals surface area contributed by atoms with Gasteiger partial charge in [-0.1, -0.05) is 26.2 Å². The predicted molar refractivity (Wildman–Crippen MR) is 78.8 cm³/mol. The van der Waals surface area contributed by atoms with Crippen molar-refractivity contribution >= 4 is 18.1 Å². The third kappa shape index (κ3) is 6.96. The predicted octanol–water partition coefficient (Wildman–Crippen LogP) is 1.89. The number of carbonyl (C=O) groups excluding carboxylic acids is 2. The molecule has 0 heterocycles. The first-order chi connectivity index (χ1) is 9.43. The zero-order chi connectivity index (χ0) is 15.5. The van der Waals surface area contributed by atoms with Crippen molar-refractivity contribution in [2.24, 2.45) is 4.99 Å². The van der Waals surface area contributed by atoms with E-state index >= 15 is 0 Å². The Balaban J connectivity index is 4.45. The Labute approximate surface area is 121 Å². The molecule has 0 bridgehead atoms. The lowest BCUT2D eigenvalue weighted by Gasteiger charge is -2.23. The Morgan fingerprint density at radius 1 is 1.15 bits per heavy atom. The number of nitrogens with zero attached hydrogens (tertiary/aromatic N) is 3. The number of hydrogen-bond donors (Lipinski definition) is 1. The molecule has 0 aromatic carbocycles. The molecular formula is C13H26N4O3. The van der Waals surface area contributed by atoms with E-state index in [1.807, 2.05) is 0 Å². The third-order valence-corrected chi connectivity index (χ3v) is 2.66. The molecule has 0 aliphatic rings. The van der Waals surface area contributed by atoms with Gasteiger partial charge in [-0.25, -0.2) is 9.59 Å². The molecule has 0 rings (SSSR count). The van der Waals surface area contributed by atoms with Gasteiger partial charge in [-0.15, -0.1) is 0 Å². The molecule has 0 unspecified atom stereocenters. The van der Waals surface area contributed by atoms with E-state index in [-0.39, 0.29) is 5.96 Å². The topological polar surface area (TPSA) is 74.2 Å². The van der Waals surface area contributed by atoms with Crippen LogP contribution in [0.5, 0.6) is 0 Å². The fraction of sp³-hybridized carbons (Fsp3) is 0.769. The number of nitrogens with one attached hydrogen (secondary N) is 1. The van der Waals surface area contributed by atoms with Gasteiger partial charge < -0.3 is 15.0 Å². The Hall–Kier alpha value is -1.79. The van der Waals surface area contributed by atoms with Gasteiger partial charge in [0.25, 0.3) is 0 Å². The van der Waals surface area contributed by atoms with Crippen LogP contribution in [0.25, 0.3) is 0 Å². The van der Waals surface area contributed by atoms with Gasteiger partial charge in [0.15, 0.2) is 0 Å². The zero-order valence-corrected chi connectivity index (χ0v) is 13.1. The minimum atomic E-state index is -0.576. The molecule has 3 amide bonds. The van der Waals surface area contributed by atoms with Crippen LogP contribution in [0.2, 0.25) is 0 Å². The van der Waals surface area contributed by atoms with Crippen LogP contribution < -0.4 is 5.32 Å². The molecule has 0 atom stereocenters. The van der Waals surface area contributed by atoms with E-state index in [9.17, 15) is 9.59 Å². The Kier molecular flexibility index (Phi) is 9.15. The lowest BCUT2D eigenvalue weighted by Crippen LogP contribution is -2.43. The van der Waals surface area contributed by atoms with Crippen LogP contribution >= 0.6 is 0 Å². The number of aliphatic imine (C=N–C) groups is 1. The number of rotatable bonds is 5. The fourth-order valence-corrected chi connectivity index (χ4v) is 1.57. The van der Waals surface area contributed by atoms with Gasteiger partial charge in [0.2, 0.25) is 5.96 Å². The summed E-state index contributed by atoms with van der Waals surface area (Å²) in [7, 11) is 6.18. The van der Waals surface area contributed by atoms with Crippen LogP contribution in [-0.2, 0) is 4.74 Å². The fourth-order valence-electron chi connectivity index (χ4n) is 1.57. The third-order valence-electron chi connectivity index (χ3n) is 2.66. The highest BCUT2D eigenvalue weighted by Gasteiger charge is 2.18. The van der Waals surface area contributed by atoms with E-state index in [4.69, 9.17) is 0 Å². The average Bonchev–Trinajstić information content (AvgIpc) is 2.42. The number of ether oxygens (including phenoxy) is 1. The van der Waals surface area contributed by atoms with Crippen LogP contribution in [0.3, 0.4) is 0 Å². The van der Waals surface area contributed by atoms with E-state index < -0.39 is 12.1 Å². The van der Waals surface area contributed by atoms with E-state index in [2.05, 4.69) is 22.0 Å². The van der Waals surface area contributed by atoms with Gasteiger partial charge >= 0.3 is 12.1 Å². The minimum absolute atomic E-state index is 0.225. The molecule has 0 aromatic heterocycles. The molecule has 0 aromatic rings. The van der Waals surface area contributed by atoms with Crippen LogP contribution in [0.4, 0.5) is 9.59 Å². The second-order valence-electron chi connectivity index (χ2n) is 4.63. The summed E-state index contributed by atoms with van der Waals surface area (Å²) in [5, 5.41) is 2.71. The van der Waals surface area contributed by atoms with Crippen molar-refractivity contribution in [2.45, 2.75) is 32.6 Å². The summed E-state index contributed by atoms with van der Waals surface area (Å²) in [4.78, 5) is 29.8. The lowest BCUT2D eigenvalue weighted by molar-refractivity contribution is 0.149. The SMILES string of the molecule is CCCCCCNC(=O)/N=C(\N(C)C)N(C)C(=O)OC. The first kappa shape index (κ1) is 18.2. The smallest absolute Gasteiger partial charge is 0.416 e. The van der Waals surface area contributed by atoms with Gasteiger partial charge in [0.1, 0.15) is 0 Å². The molecule has 0 radical (unpaired) electrons. The van der Waals surface area contributed by atoms with Crippen molar-refractivity contribution in [1.29, 1.82) is 0 Å². The monoisotopic (exact) mass is 286 g/mol. The zero-order valence-electron chi connectivity index (χ0n) is 13.1. The van der Waals surface area contributed by atoms with Crippen molar-refractivity contribution < 1.29 is 14.3 Å². The van der Waals surface area contributed by atoms with Crippen molar-refractivity contribution in [2.75, 3.05) is 34.8 Å². The molecule has 116 valence electrons. The summed E-state index contributed by atoms with van der Waals surface area (Å²) < 4.78 is 4.60. The number of methoxy groups -OCH3 is 1. The average molecular weight is 286 g/mol. The molecule has 0 saturated heterocycles. The highest BCUT2D eigenvalue weighted by Crippen LogP contribution is 1.98. The number of hydrogen-bond acceptors (Lipinski definition) is 3. The van der Waals surface area contributed by atoms with Crippen molar-refractivity contribution in [3.8, 4) is 0 Å². The molecule has 0 aliphatic carbocycles. The van der Waals surface area contributed by atoms with Gasteiger partial charge in [0.05, 0.1) is 7.11 Å². The molecular weight excluding hydrogens is 260 g/mol. The molecule has 0 fully saturated rings. The summed E-state index contributed by atoms with van der Waals surface area (Å²) in [5.41, 5.74) is 0.